The quantitative estimate of drug-likeness (QED) is 0.769. The summed E-state index contributed by atoms with van der Waals surface area (Å²) in [5.41, 5.74) is 0.385. The summed E-state index contributed by atoms with van der Waals surface area (Å²) in [5, 5.41) is 0.125. The number of rotatable bonds is 4. The average molecular weight is 250 g/mol. The zero-order valence-corrected chi connectivity index (χ0v) is 10.2. The summed E-state index contributed by atoms with van der Waals surface area (Å²) in [6, 6.07) is 1.65. The van der Waals surface area contributed by atoms with E-state index in [1.54, 1.807) is 11.0 Å². The fourth-order valence-electron chi connectivity index (χ4n) is 1.29. The highest BCUT2D eigenvalue weighted by molar-refractivity contribution is 6.32. The van der Waals surface area contributed by atoms with Gasteiger partial charge in [-0.2, -0.15) is 0 Å². The van der Waals surface area contributed by atoms with Crippen molar-refractivity contribution in [3.63, 3.8) is 0 Å². The number of hydrogen-bond donors (Lipinski definition) is 0. The number of hydrogen-bond acceptors (Lipinski definition) is 2. The highest BCUT2D eigenvalue weighted by Crippen LogP contribution is 2.19. The van der Waals surface area contributed by atoms with E-state index in [0.717, 1.165) is 0 Å². The van der Waals surface area contributed by atoms with Gasteiger partial charge in [0.05, 0.1) is 11.8 Å². The van der Waals surface area contributed by atoms with Crippen LogP contribution in [0.4, 0.5) is 0 Å². The molecular weight excluding hydrogens is 237 g/mol. The van der Waals surface area contributed by atoms with E-state index in [2.05, 4.69) is 0 Å². The summed E-state index contributed by atoms with van der Waals surface area (Å²) >= 11 is 11.4. The molecule has 0 fully saturated rings. The van der Waals surface area contributed by atoms with Crippen LogP contribution in [0.25, 0.3) is 0 Å². The Bertz CT molecular complexity index is 336. The smallest absolute Gasteiger partial charge is 0.258 e. The van der Waals surface area contributed by atoms with E-state index >= 15 is 0 Å². The van der Waals surface area contributed by atoms with Crippen molar-refractivity contribution in [2.24, 2.45) is 0 Å². The third-order valence-corrected chi connectivity index (χ3v) is 2.52. The number of alkyl halides is 1. The van der Waals surface area contributed by atoms with Gasteiger partial charge in [0.1, 0.15) is 0 Å². The zero-order chi connectivity index (χ0) is 11.4. The minimum atomic E-state index is -0.149. The zero-order valence-electron chi connectivity index (χ0n) is 8.67. The minimum Gasteiger partial charge on any atom is -0.452 e. The van der Waals surface area contributed by atoms with Gasteiger partial charge in [0.15, 0.2) is 0 Å². The fourth-order valence-corrected chi connectivity index (χ4v) is 1.66. The van der Waals surface area contributed by atoms with Gasteiger partial charge in [-0.25, -0.2) is 0 Å². The standard InChI is InChI=1S/C10H13Cl2NO2/c1-7(2)13(5-4-11)10(14)8-3-6-15-9(8)12/h3,6-7H,4-5H2,1-2H3. The summed E-state index contributed by atoms with van der Waals surface area (Å²) < 4.78 is 4.88. The lowest BCUT2D eigenvalue weighted by molar-refractivity contribution is 0.0718. The van der Waals surface area contributed by atoms with E-state index in [4.69, 9.17) is 27.6 Å². The van der Waals surface area contributed by atoms with Crippen LogP contribution in [0.5, 0.6) is 0 Å². The maximum absolute atomic E-state index is 12.0. The van der Waals surface area contributed by atoms with Crippen LogP contribution in [-0.4, -0.2) is 29.3 Å². The monoisotopic (exact) mass is 249 g/mol. The van der Waals surface area contributed by atoms with Crippen molar-refractivity contribution < 1.29 is 9.21 Å². The van der Waals surface area contributed by atoms with Gasteiger partial charge in [0, 0.05) is 18.5 Å². The van der Waals surface area contributed by atoms with E-state index < -0.39 is 0 Å². The fraction of sp³-hybridized carbons (Fsp3) is 0.500. The maximum Gasteiger partial charge on any atom is 0.258 e. The third kappa shape index (κ3) is 2.89. The molecular formula is C10H13Cl2NO2. The molecule has 3 nitrogen and oxygen atoms in total. The summed E-state index contributed by atoms with van der Waals surface area (Å²) in [6.45, 7) is 4.36. The van der Waals surface area contributed by atoms with Crippen LogP contribution in [0, 0.1) is 0 Å². The van der Waals surface area contributed by atoms with Gasteiger partial charge in [0.25, 0.3) is 5.91 Å². The second kappa shape index (κ2) is 5.42. The molecule has 0 aromatic carbocycles. The molecule has 1 rings (SSSR count). The first-order chi connectivity index (χ1) is 7.07. The summed E-state index contributed by atoms with van der Waals surface area (Å²) in [5.74, 6) is 0.253. The molecule has 1 amide bonds. The number of furan rings is 1. The molecule has 1 heterocycles. The maximum atomic E-state index is 12.0. The normalized spacial score (nSPS) is 10.7. The molecule has 0 saturated carbocycles. The van der Waals surface area contributed by atoms with Crippen LogP contribution in [0.3, 0.4) is 0 Å². The van der Waals surface area contributed by atoms with Crippen LogP contribution in [0.15, 0.2) is 16.7 Å². The van der Waals surface area contributed by atoms with Crippen molar-refractivity contribution in [3.8, 4) is 0 Å². The summed E-state index contributed by atoms with van der Waals surface area (Å²) in [7, 11) is 0. The predicted octanol–water partition coefficient (Wildman–Crippen LogP) is 3.02. The lowest BCUT2D eigenvalue weighted by Gasteiger charge is -2.25. The second-order valence-corrected chi connectivity index (χ2v) is 4.11. The molecule has 0 aliphatic heterocycles. The first kappa shape index (κ1) is 12.4. The van der Waals surface area contributed by atoms with Gasteiger partial charge >= 0.3 is 0 Å². The molecule has 0 bridgehead atoms. The molecule has 0 unspecified atom stereocenters. The Labute approximate surface area is 98.9 Å². The molecule has 0 aliphatic carbocycles. The molecule has 0 atom stereocenters. The second-order valence-electron chi connectivity index (χ2n) is 3.39. The molecule has 5 heteroatoms. The first-order valence-electron chi connectivity index (χ1n) is 4.67. The highest BCUT2D eigenvalue weighted by atomic mass is 35.5. The number of amides is 1. The van der Waals surface area contributed by atoms with Crippen LogP contribution >= 0.6 is 23.2 Å². The van der Waals surface area contributed by atoms with Gasteiger partial charge in [-0.1, -0.05) is 0 Å². The van der Waals surface area contributed by atoms with Crippen LogP contribution < -0.4 is 0 Å². The van der Waals surface area contributed by atoms with E-state index in [0.29, 0.717) is 18.0 Å². The number of halogens is 2. The molecule has 0 N–H and O–H groups in total. The van der Waals surface area contributed by atoms with Gasteiger partial charge in [-0.3, -0.25) is 4.79 Å². The first-order valence-corrected chi connectivity index (χ1v) is 5.59. The van der Waals surface area contributed by atoms with E-state index in [-0.39, 0.29) is 17.2 Å². The Hall–Kier alpha value is -0.670. The largest absolute Gasteiger partial charge is 0.452 e. The Balaban J connectivity index is 2.86. The van der Waals surface area contributed by atoms with E-state index in [9.17, 15) is 4.79 Å². The van der Waals surface area contributed by atoms with Gasteiger partial charge in [-0.05, 0) is 31.5 Å². The molecule has 1 aromatic rings. The van der Waals surface area contributed by atoms with E-state index in [1.165, 1.54) is 6.26 Å². The summed E-state index contributed by atoms with van der Waals surface area (Å²) in [4.78, 5) is 13.6. The molecule has 0 aliphatic rings. The Morgan fingerprint density at radius 3 is 2.67 bits per heavy atom. The Kier molecular flexibility index (Phi) is 4.48. The van der Waals surface area contributed by atoms with Crippen molar-refractivity contribution in [1.82, 2.24) is 4.90 Å². The number of nitrogens with zero attached hydrogens (tertiary/aromatic N) is 1. The third-order valence-electron chi connectivity index (χ3n) is 2.06. The molecule has 0 saturated heterocycles. The SMILES string of the molecule is CC(C)N(CCCl)C(=O)c1ccoc1Cl. The molecule has 0 radical (unpaired) electrons. The lowest BCUT2D eigenvalue weighted by atomic mass is 10.2. The molecule has 0 spiro atoms. The predicted molar refractivity (Wildman–Crippen MR) is 60.6 cm³/mol. The van der Waals surface area contributed by atoms with Crippen LogP contribution in [0.1, 0.15) is 24.2 Å². The van der Waals surface area contributed by atoms with Gasteiger partial charge in [0.2, 0.25) is 5.22 Å². The van der Waals surface area contributed by atoms with Gasteiger partial charge in [-0.15, -0.1) is 11.6 Å². The van der Waals surface area contributed by atoms with E-state index in [1.807, 2.05) is 13.8 Å². The number of carbonyl (C=O) groups excluding carboxylic acids is 1. The van der Waals surface area contributed by atoms with Gasteiger partial charge < -0.3 is 9.32 Å². The summed E-state index contributed by atoms with van der Waals surface area (Å²) in [6.07, 6.45) is 1.40. The Morgan fingerprint density at radius 2 is 2.27 bits per heavy atom. The topological polar surface area (TPSA) is 33.5 Å². The van der Waals surface area contributed by atoms with Crippen molar-refractivity contribution in [2.75, 3.05) is 12.4 Å². The lowest BCUT2D eigenvalue weighted by Crippen LogP contribution is -2.38. The van der Waals surface area contributed by atoms with Crippen molar-refractivity contribution in [3.05, 3.63) is 23.1 Å². The molecule has 15 heavy (non-hydrogen) atoms. The number of carbonyl (C=O) groups is 1. The van der Waals surface area contributed by atoms with Crippen LogP contribution in [-0.2, 0) is 0 Å². The average Bonchev–Trinajstić information content (AvgIpc) is 2.59. The van der Waals surface area contributed by atoms with Crippen LogP contribution in [0.2, 0.25) is 5.22 Å². The van der Waals surface area contributed by atoms with Crippen molar-refractivity contribution in [1.29, 1.82) is 0 Å². The van der Waals surface area contributed by atoms with Crippen molar-refractivity contribution >= 4 is 29.1 Å². The van der Waals surface area contributed by atoms with Crippen molar-refractivity contribution in [2.45, 2.75) is 19.9 Å². The Morgan fingerprint density at radius 1 is 1.60 bits per heavy atom. The molecule has 84 valence electrons. The minimum absolute atomic E-state index is 0.0854. The highest BCUT2D eigenvalue weighted by Gasteiger charge is 2.21. The molecule has 1 aromatic heterocycles.